The van der Waals surface area contributed by atoms with Gasteiger partial charge in [-0.05, 0) is 49.3 Å². The SMILES string of the molecule is O=C(COC(=O)[C@@H]1[C@H]2CC[C@@H](C2)[C@@H]1C(=O)c1ccccc1)Nc1ccc(Cl)cc1Cl. The Morgan fingerprint density at radius 3 is 2.37 bits per heavy atom. The summed E-state index contributed by atoms with van der Waals surface area (Å²) < 4.78 is 5.32. The van der Waals surface area contributed by atoms with Crippen LogP contribution in [0, 0.1) is 23.7 Å². The maximum Gasteiger partial charge on any atom is 0.310 e. The molecule has 2 aliphatic rings. The van der Waals surface area contributed by atoms with E-state index in [9.17, 15) is 14.4 Å². The molecule has 7 heteroatoms. The smallest absolute Gasteiger partial charge is 0.310 e. The molecule has 0 unspecified atom stereocenters. The third-order valence-electron chi connectivity index (χ3n) is 6.10. The fraction of sp³-hybridized carbons (Fsp3) is 0.348. The Hall–Kier alpha value is -2.37. The topological polar surface area (TPSA) is 72.5 Å². The number of fused-ring (bicyclic) bond motifs is 2. The summed E-state index contributed by atoms with van der Waals surface area (Å²) in [5, 5.41) is 3.35. The van der Waals surface area contributed by atoms with Crippen LogP contribution in [0.1, 0.15) is 29.6 Å². The lowest BCUT2D eigenvalue weighted by molar-refractivity contribution is -0.154. The lowest BCUT2D eigenvalue weighted by Gasteiger charge is -2.28. The number of Topliss-reactive ketones (excluding diaryl/α,β-unsaturated/α-hetero) is 1. The predicted molar refractivity (Wildman–Crippen MR) is 115 cm³/mol. The van der Waals surface area contributed by atoms with E-state index in [1.807, 2.05) is 18.2 Å². The lowest BCUT2D eigenvalue weighted by atomic mass is 9.75. The van der Waals surface area contributed by atoms with Gasteiger partial charge in [0.1, 0.15) is 0 Å². The summed E-state index contributed by atoms with van der Waals surface area (Å²) in [5.41, 5.74) is 1.00. The molecular formula is C23H21Cl2NO4. The highest BCUT2D eigenvalue weighted by Crippen LogP contribution is 2.53. The second-order valence-corrected chi connectivity index (χ2v) is 8.74. The van der Waals surface area contributed by atoms with Crippen molar-refractivity contribution >= 4 is 46.5 Å². The van der Waals surface area contributed by atoms with Crippen molar-refractivity contribution in [3.05, 3.63) is 64.1 Å². The number of nitrogens with one attached hydrogen (secondary N) is 1. The van der Waals surface area contributed by atoms with Crippen LogP contribution in [0.5, 0.6) is 0 Å². The van der Waals surface area contributed by atoms with Crippen LogP contribution in [-0.4, -0.2) is 24.3 Å². The molecule has 0 heterocycles. The number of rotatable bonds is 6. The minimum Gasteiger partial charge on any atom is -0.455 e. The first-order valence-electron chi connectivity index (χ1n) is 9.95. The van der Waals surface area contributed by atoms with Gasteiger partial charge in [-0.15, -0.1) is 0 Å². The summed E-state index contributed by atoms with van der Waals surface area (Å²) in [6.45, 7) is -0.433. The van der Waals surface area contributed by atoms with Gasteiger partial charge in [-0.2, -0.15) is 0 Å². The Bertz CT molecular complexity index is 978. The van der Waals surface area contributed by atoms with Crippen molar-refractivity contribution < 1.29 is 19.1 Å². The Kier molecular flexibility index (Phi) is 6.11. The largest absolute Gasteiger partial charge is 0.455 e. The fourth-order valence-corrected chi connectivity index (χ4v) is 5.27. The van der Waals surface area contributed by atoms with Crippen LogP contribution >= 0.6 is 23.2 Å². The standard InChI is InChI=1S/C23H21Cl2NO4/c24-16-8-9-18(17(25)11-16)26-19(27)12-30-23(29)21-15-7-6-14(10-15)20(21)22(28)13-4-2-1-3-5-13/h1-5,8-9,11,14-15,20-21H,6-7,10,12H2,(H,26,27)/t14-,15-,20-,21+/m0/s1. The van der Waals surface area contributed by atoms with Crippen molar-refractivity contribution in [3.8, 4) is 0 Å². The number of esters is 1. The number of hydrogen-bond donors (Lipinski definition) is 1. The molecule has 2 aliphatic carbocycles. The third kappa shape index (κ3) is 4.23. The van der Waals surface area contributed by atoms with Gasteiger partial charge < -0.3 is 10.1 Å². The summed E-state index contributed by atoms with van der Waals surface area (Å²) in [5.74, 6) is -1.54. The fourth-order valence-electron chi connectivity index (χ4n) is 4.81. The van der Waals surface area contributed by atoms with Gasteiger partial charge in [-0.25, -0.2) is 0 Å². The van der Waals surface area contributed by atoms with Gasteiger partial charge >= 0.3 is 5.97 Å². The number of halogens is 2. The van der Waals surface area contributed by atoms with Crippen molar-refractivity contribution in [1.82, 2.24) is 0 Å². The summed E-state index contributed by atoms with van der Waals surface area (Å²) in [6.07, 6.45) is 2.72. The molecule has 1 N–H and O–H groups in total. The molecule has 2 fully saturated rings. The zero-order chi connectivity index (χ0) is 21.3. The molecule has 1 amide bonds. The molecule has 2 bridgehead atoms. The van der Waals surface area contributed by atoms with Crippen LogP contribution in [-0.2, 0) is 14.3 Å². The second-order valence-electron chi connectivity index (χ2n) is 7.90. The molecule has 0 spiro atoms. The molecular weight excluding hydrogens is 425 g/mol. The van der Waals surface area contributed by atoms with Crippen LogP contribution in [0.25, 0.3) is 0 Å². The predicted octanol–water partition coefficient (Wildman–Crippen LogP) is 5.02. The number of carbonyl (C=O) groups is 3. The average Bonchev–Trinajstić information content (AvgIpc) is 3.36. The van der Waals surface area contributed by atoms with E-state index in [0.29, 0.717) is 21.3 Å². The Labute approximate surface area is 184 Å². The summed E-state index contributed by atoms with van der Waals surface area (Å²) >= 11 is 11.9. The second kappa shape index (κ2) is 8.78. The quantitative estimate of drug-likeness (QED) is 0.500. The van der Waals surface area contributed by atoms with Crippen molar-refractivity contribution in [2.75, 3.05) is 11.9 Å². The maximum atomic E-state index is 13.1. The zero-order valence-corrected chi connectivity index (χ0v) is 17.7. The third-order valence-corrected chi connectivity index (χ3v) is 6.65. The maximum absolute atomic E-state index is 13.1. The number of carbonyl (C=O) groups excluding carboxylic acids is 3. The number of anilines is 1. The van der Waals surface area contributed by atoms with Gasteiger partial charge in [0.15, 0.2) is 12.4 Å². The van der Waals surface area contributed by atoms with Crippen molar-refractivity contribution in [1.29, 1.82) is 0 Å². The van der Waals surface area contributed by atoms with E-state index in [1.54, 1.807) is 24.3 Å². The van der Waals surface area contributed by atoms with Gasteiger partial charge in [-0.1, -0.05) is 53.5 Å². The van der Waals surface area contributed by atoms with Crippen molar-refractivity contribution in [2.24, 2.45) is 23.7 Å². The molecule has 30 heavy (non-hydrogen) atoms. The molecule has 156 valence electrons. The molecule has 5 nitrogen and oxygen atoms in total. The van der Waals surface area contributed by atoms with E-state index < -0.39 is 24.4 Å². The van der Waals surface area contributed by atoms with E-state index in [-0.39, 0.29) is 23.5 Å². The Morgan fingerprint density at radius 2 is 1.67 bits per heavy atom. The number of ether oxygens (including phenoxy) is 1. The molecule has 0 aliphatic heterocycles. The zero-order valence-electron chi connectivity index (χ0n) is 16.1. The van der Waals surface area contributed by atoms with Crippen LogP contribution < -0.4 is 5.32 Å². The van der Waals surface area contributed by atoms with E-state index in [4.69, 9.17) is 27.9 Å². The van der Waals surface area contributed by atoms with Gasteiger partial charge in [0.2, 0.25) is 0 Å². The lowest BCUT2D eigenvalue weighted by Crippen LogP contribution is -2.37. The highest BCUT2D eigenvalue weighted by Gasteiger charge is 2.54. The number of ketones is 1. The van der Waals surface area contributed by atoms with E-state index in [1.165, 1.54) is 6.07 Å². The van der Waals surface area contributed by atoms with Crippen LogP contribution in [0.4, 0.5) is 5.69 Å². The molecule has 2 aromatic rings. The molecule has 4 atom stereocenters. The first-order valence-corrected chi connectivity index (χ1v) is 10.7. The van der Waals surface area contributed by atoms with Gasteiger partial charge in [0, 0.05) is 16.5 Å². The minimum atomic E-state index is -0.498. The Morgan fingerprint density at radius 1 is 0.967 bits per heavy atom. The van der Waals surface area contributed by atoms with Crippen LogP contribution in [0.2, 0.25) is 10.0 Å². The van der Waals surface area contributed by atoms with E-state index in [0.717, 1.165) is 19.3 Å². The van der Waals surface area contributed by atoms with Crippen LogP contribution in [0.15, 0.2) is 48.5 Å². The molecule has 2 aromatic carbocycles. The van der Waals surface area contributed by atoms with Crippen LogP contribution in [0.3, 0.4) is 0 Å². The summed E-state index contributed by atoms with van der Waals surface area (Å²) in [7, 11) is 0. The van der Waals surface area contributed by atoms with Gasteiger partial charge in [0.25, 0.3) is 5.91 Å². The highest BCUT2D eigenvalue weighted by molar-refractivity contribution is 6.36. The number of hydrogen-bond acceptors (Lipinski definition) is 4. The molecule has 2 saturated carbocycles. The average molecular weight is 446 g/mol. The molecule has 4 rings (SSSR count). The molecule has 0 radical (unpaired) electrons. The van der Waals surface area contributed by atoms with E-state index in [2.05, 4.69) is 5.32 Å². The normalized spacial score (nSPS) is 24.5. The van der Waals surface area contributed by atoms with E-state index >= 15 is 0 Å². The van der Waals surface area contributed by atoms with Gasteiger partial charge in [0.05, 0.1) is 16.6 Å². The van der Waals surface area contributed by atoms with Gasteiger partial charge in [-0.3, -0.25) is 14.4 Å². The molecule has 0 aromatic heterocycles. The minimum absolute atomic E-state index is 0.0119. The highest BCUT2D eigenvalue weighted by atomic mass is 35.5. The number of benzene rings is 2. The summed E-state index contributed by atoms with van der Waals surface area (Å²) in [6, 6.07) is 13.7. The Balaban J connectivity index is 1.40. The van der Waals surface area contributed by atoms with Crippen molar-refractivity contribution in [3.63, 3.8) is 0 Å². The number of amides is 1. The monoisotopic (exact) mass is 445 g/mol. The molecule has 0 saturated heterocycles. The first-order chi connectivity index (χ1) is 14.4. The van der Waals surface area contributed by atoms with Crippen molar-refractivity contribution in [2.45, 2.75) is 19.3 Å². The summed E-state index contributed by atoms with van der Waals surface area (Å²) in [4.78, 5) is 38.2. The first kappa shape index (κ1) is 20.9.